The molecule has 0 unspecified atom stereocenters. The number of carboxylic acids is 1. The van der Waals surface area contributed by atoms with Crippen molar-refractivity contribution in [1.82, 2.24) is 14.5 Å². The van der Waals surface area contributed by atoms with Crippen LogP contribution in [-0.4, -0.2) is 66.2 Å². The van der Waals surface area contributed by atoms with Gasteiger partial charge in [0.15, 0.2) is 0 Å². The number of amides is 2. The molecule has 1 aromatic rings. The first kappa shape index (κ1) is 24.2. The number of nitrogens with one attached hydrogen (secondary N) is 1. The van der Waals surface area contributed by atoms with E-state index in [1.807, 2.05) is 23.1 Å². The zero-order chi connectivity index (χ0) is 25.1. The molecule has 5 fully saturated rings. The zero-order valence-corrected chi connectivity index (χ0v) is 21.6. The van der Waals surface area contributed by atoms with Gasteiger partial charge in [0.25, 0.3) is 0 Å². The van der Waals surface area contributed by atoms with Gasteiger partial charge < -0.3 is 15.3 Å². The van der Waals surface area contributed by atoms with Gasteiger partial charge in [-0.25, -0.2) is 13.2 Å². The molecule has 2 heterocycles. The third-order valence-corrected chi connectivity index (χ3v) is 11.7. The van der Waals surface area contributed by atoms with E-state index >= 15 is 0 Å². The highest BCUT2D eigenvalue weighted by Gasteiger charge is 2.50. The maximum absolute atomic E-state index is 13.3. The molecule has 196 valence electrons. The molecule has 1 spiro atoms. The van der Waals surface area contributed by atoms with E-state index in [-0.39, 0.29) is 23.7 Å². The lowest BCUT2D eigenvalue weighted by Gasteiger charge is -2.55. The zero-order valence-electron chi connectivity index (χ0n) is 20.8. The number of piperidine rings is 1. The molecular formula is C27H37N3O5S. The normalized spacial score (nSPS) is 32.9. The van der Waals surface area contributed by atoms with Crippen LogP contribution in [0.2, 0.25) is 0 Å². The van der Waals surface area contributed by atoms with E-state index in [1.54, 1.807) is 0 Å². The minimum atomic E-state index is -3.70. The molecule has 0 aromatic heterocycles. The van der Waals surface area contributed by atoms with Crippen LogP contribution in [0.15, 0.2) is 24.3 Å². The molecule has 4 saturated carbocycles. The van der Waals surface area contributed by atoms with E-state index in [0.717, 1.165) is 17.4 Å². The van der Waals surface area contributed by atoms with Gasteiger partial charge in [-0.3, -0.25) is 4.79 Å². The minimum absolute atomic E-state index is 0.0392. The molecule has 0 atom stereocenters. The van der Waals surface area contributed by atoms with E-state index in [0.29, 0.717) is 50.4 Å². The Labute approximate surface area is 213 Å². The van der Waals surface area contributed by atoms with Gasteiger partial charge in [-0.1, -0.05) is 24.3 Å². The summed E-state index contributed by atoms with van der Waals surface area (Å²) in [5.74, 6) is 1.52. The van der Waals surface area contributed by atoms with Gasteiger partial charge in [0.2, 0.25) is 10.0 Å². The van der Waals surface area contributed by atoms with Crippen LogP contribution >= 0.6 is 0 Å². The summed E-state index contributed by atoms with van der Waals surface area (Å²) in [5.41, 5.74) is 1.80. The molecule has 9 heteroatoms. The second-order valence-corrected chi connectivity index (χ2v) is 14.1. The Morgan fingerprint density at radius 2 is 1.64 bits per heavy atom. The van der Waals surface area contributed by atoms with Crippen LogP contribution in [0.4, 0.5) is 4.79 Å². The second kappa shape index (κ2) is 9.01. The van der Waals surface area contributed by atoms with Gasteiger partial charge in [-0.2, -0.15) is 4.31 Å². The number of likely N-dealkylation sites (tertiary alicyclic amines) is 1. The van der Waals surface area contributed by atoms with E-state index in [4.69, 9.17) is 5.11 Å². The Bertz CT molecular complexity index is 1120. The summed E-state index contributed by atoms with van der Waals surface area (Å²) in [7, 11) is -3.70. The molecule has 7 rings (SSSR count). The first-order valence-electron chi connectivity index (χ1n) is 13.6. The number of hydrogen-bond acceptors (Lipinski definition) is 4. The summed E-state index contributed by atoms with van der Waals surface area (Å²) < 4.78 is 27.5. The van der Waals surface area contributed by atoms with Crippen LogP contribution in [0, 0.1) is 23.7 Å². The second-order valence-electron chi connectivity index (χ2n) is 12.1. The highest BCUT2D eigenvalue weighted by Crippen LogP contribution is 2.53. The smallest absolute Gasteiger partial charge is 0.317 e. The third-order valence-electron chi connectivity index (χ3n) is 9.91. The Morgan fingerprint density at radius 1 is 1.00 bits per heavy atom. The lowest BCUT2D eigenvalue weighted by molar-refractivity contribution is -0.136. The number of rotatable bonds is 5. The van der Waals surface area contributed by atoms with Crippen molar-refractivity contribution in [1.29, 1.82) is 0 Å². The van der Waals surface area contributed by atoms with Crippen molar-refractivity contribution in [3.05, 3.63) is 35.4 Å². The number of aliphatic carboxylic acids is 1. The van der Waals surface area contributed by atoms with E-state index < -0.39 is 22.4 Å². The molecule has 8 nitrogen and oxygen atoms in total. The number of nitrogens with zero attached hydrogens (tertiary/aromatic N) is 2. The van der Waals surface area contributed by atoms with Crippen LogP contribution < -0.4 is 5.32 Å². The highest BCUT2D eigenvalue weighted by atomic mass is 32.2. The average Bonchev–Trinajstić information content (AvgIpc) is 2.85. The summed E-state index contributed by atoms with van der Waals surface area (Å²) >= 11 is 0. The first-order valence-corrected chi connectivity index (χ1v) is 15.2. The summed E-state index contributed by atoms with van der Waals surface area (Å²) in [6, 6.07) is 8.35. The Balaban J connectivity index is 1.15. The summed E-state index contributed by atoms with van der Waals surface area (Å²) in [6.45, 7) is 1.81. The third kappa shape index (κ3) is 4.32. The summed E-state index contributed by atoms with van der Waals surface area (Å²) in [5, 5.41) is 12.4. The molecule has 0 radical (unpaired) electrons. The fraction of sp³-hybridized carbons (Fsp3) is 0.704. The molecule has 36 heavy (non-hydrogen) atoms. The number of carboxylic acid groups (broad SMARTS) is 1. The van der Waals surface area contributed by atoms with Crippen LogP contribution in [0.25, 0.3) is 0 Å². The van der Waals surface area contributed by atoms with Crippen molar-refractivity contribution in [2.75, 3.05) is 25.4 Å². The number of urea groups is 1. The number of fused-ring (bicyclic) bond motifs is 2. The fourth-order valence-corrected chi connectivity index (χ4v) is 9.82. The molecule has 4 aliphatic carbocycles. The van der Waals surface area contributed by atoms with Crippen LogP contribution in [0.1, 0.15) is 62.5 Å². The van der Waals surface area contributed by atoms with Gasteiger partial charge in [0, 0.05) is 37.6 Å². The maximum atomic E-state index is 13.3. The number of hydrogen-bond donors (Lipinski definition) is 2. The molecule has 2 aliphatic heterocycles. The van der Waals surface area contributed by atoms with Gasteiger partial charge in [-0.05, 0) is 79.7 Å². The summed E-state index contributed by atoms with van der Waals surface area (Å²) in [4.78, 5) is 26.3. The molecule has 6 aliphatic rings. The number of benzene rings is 1. The van der Waals surface area contributed by atoms with Gasteiger partial charge in [-0.15, -0.1) is 0 Å². The SMILES string of the molecule is O=C(O)CCS(=O)(=O)N1Cc2ccccc2C2(CCN(C(=O)NC3C4CC5CC(C4)CC3C5)CC2)C1. The van der Waals surface area contributed by atoms with E-state index in [9.17, 15) is 18.0 Å². The highest BCUT2D eigenvalue weighted by molar-refractivity contribution is 7.89. The van der Waals surface area contributed by atoms with Gasteiger partial charge in [0.1, 0.15) is 0 Å². The van der Waals surface area contributed by atoms with Crippen molar-refractivity contribution in [3.8, 4) is 0 Å². The average molecular weight is 516 g/mol. The predicted molar refractivity (Wildman–Crippen MR) is 135 cm³/mol. The number of carbonyl (C=O) groups excluding carboxylic acids is 1. The number of carbonyl (C=O) groups is 2. The quantitative estimate of drug-likeness (QED) is 0.626. The van der Waals surface area contributed by atoms with Crippen molar-refractivity contribution >= 4 is 22.0 Å². The molecular weight excluding hydrogens is 478 g/mol. The molecule has 4 bridgehead atoms. The van der Waals surface area contributed by atoms with Gasteiger partial charge in [0.05, 0.1) is 12.2 Å². The van der Waals surface area contributed by atoms with Crippen molar-refractivity contribution in [2.45, 2.75) is 69.4 Å². The lowest BCUT2D eigenvalue weighted by Crippen LogP contribution is -2.60. The van der Waals surface area contributed by atoms with Crippen molar-refractivity contribution < 1.29 is 23.1 Å². The van der Waals surface area contributed by atoms with Crippen LogP contribution in [0.3, 0.4) is 0 Å². The Hall–Kier alpha value is -2.13. The van der Waals surface area contributed by atoms with Crippen LogP contribution in [-0.2, 0) is 26.8 Å². The first-order chi connectivity index (χ1) is 17.2. The van der Waals surface area contributed by atoms with E-state index in [2.05, 4.69) is 11.4 Å². The summed E-state index contributed by atoms with van der Waals surface area (Å²) in [6.07, 6.45) is 7.47. The standard InChI is InChI=1S/C27H37N3O5S/c31-24(32)5-10-36(34,35)30-16-20-3-1-2-4-23(20)27(17-30)6-8-29(9-7-27)26(33)28-25-21-12-18-11-19(14-21)15-22(25)13-18/h1-4,18-19,21-22,25H,5-17H2,(H,28,33)(H,31,32). The molecule has 1 saturated heterocycles. The lowest BCUT2D eigenvalue weighted by atomic mass is 9.54. The van der Waals surface area contributed by atoms with Crippen molar-refractivity contribution in [3.63, 3.8) is 0 Å². The molecule has 2 N–H and O–H groups in total. The topological polar surface area (TPSA) is 107 Å². The van der Waals surface area contributed by atoms with Gasteiger partial charge >= 0.3 is 12.0 Å². The molecule has 2 amide bonds. The minimum Gasteiger partial charge on any atom is -0.481 e. The maximum Gasteiger partial charge on any atom is 0.317 e. The Kier molecular flexibility index (Phi) is 6.06. The van der Waals surface area contributed by atoms with Crippen molar-refractivity contribution in [2.24, 2.45) is 23.7 Å². The van der Waals surface area contributed by atoms with E-state index in [1.165, 1.54) is 42.0 Å². The predicted octanol–water partition coefficient (Wildman–Crippen LogP) is 3.17. The monoisotopic (exact) mass is 515 g/mol. The Morgan fingerprint density at radius 3 is 2.28 bits per heavy atom. The van der Waals surface area contributed by atoms with Crippen LogP contribution in [0.5, 0.6) is 0 Å². The fourth-order valence-electron chi connectivity index (χ4n) is 8.35. The molecule has 1 aromatic carbocycles. The largest absolute Gasteiger partial charge is 0.481 e. The number of sulfonamides is 1.